The summed E-state index contributed by atoms with van der Waals surface area (Å²) < 4.78 is 4.43. The van der Waals surface area contributed by atoms with E-state index in [4.69, 9.17) is 5.11 Å². The van der Waals surface area contributed by atoms with Gasteiger partial charge in [0.05, 0.1) is 7.11 Å². The maximum absolute atomic E-state index is 11.5. The molecule has 8 heteroatoms. The summed E-state index contributed by atoms with van der Waals surface area (Å²) in [7, 11) is 1.21. The Bertz CT molecular complexity index is 311. The van der Waals surface area contributed by atoms with Crippen molar-refractivity contribution in [1.82, 2.24) is 10.6 Å². The minimum Gasteiger partial charge on any atom is -0.480 e. The van der Waals surface area contributed by atoms with Gasteiger partial charge in [0.15, 0.2) is 0 Å². The topological polar surface area (TPSA) is 105 Å². The Labute approximate surface area is 110 Å². The number of aliphatic carboxylic acids is 1. The molecule has 0 heterocycles. The van der Waals surface area contributed by atoms with Crippen LogP contribution in [-0.4, -0.2) is 54.3 Å². The van der Waals surface area contributed by atoms with Crippen molar-refractivity contribution in [2.45, 2.75) is 25.4 Å². The number of carbonyl (C=O) groups is 3. The molecule has 0 spiro atoms. The lowest BCUT2D eigenvalue weighted by Crippen LogP contribution is -2.50. The van der Waals surface area contributed by atoms with E-state index >= 15 is 0 Å². The first-order valence-electron chi connectivity index (χ1n) is 5.29. The third kappa shape index (κ3) is 6.33. The van der Waals surface area contributed by atoms with Gasteiger partial charge in [-0.1, -0.05) is 0 Å². The zero-order valence-corrected chi connectivity index (χ0v) is 11.4. The first-order valence-corrected chi connectivity index (χ1v) is 6.68. The van der Waals surface area contributed by atoms with Crippen molar-refractivity contribution in [2.24, 2.45) is 0 Å². The van der Waals surface area contributed by atoms with E-state index in [1.165, 1.54) is 25.8 Å². The van der Waals surface area contributed by atoms with Crippen LogP contribution in [0.15, 0.2) is 0 Å². The highest BCUT2D eigenvalue weighted by molar-refractivity contribution is 7.98. The molecular weight excluding hydrogens is 260 g/mol. The van der Waals surface area contributed by atoms with Crippen LogP contribution < -0.4 is 10.6 Å². The second-order valence-electron chi connectivity index (χ2n) is 3.53. The molecule has 1 unspecified atom stereocenters. The third-order valence-electron chi connectivity index (χ3n) is 2.12. The van der Waals surface area contributed by atoms with Gasteiger partial charge in [-0.15, -0.1) is 0 Å². The van der Waals surface area contributed by atoms with Crippen molar-refractivity contribution in [3.63, 3.8) is 0 Å². The largest absolute Gasteiger partial charge is 0.480 e. The first-order chi connectivity index (χ1) is 8.42. The van der Waals surface area contributed by atoms with Gasteiger partial charge in [-0.2, -0.15) is 11.8 Å². The van der Waals surface area contributed by atoms with Crippen LogP contribution >= 0.6 is 11.8 Å². The summed E-state index contributed by atoms with van der Waals surface area (Å²) in [4.78, 5) is 33.4. The van der Waals surface area contributed by atoms with Crippen molar-refractivity contribution in [2.75, 3.05) is 19.1 Å². The molecular formula is C10H18N2O5S. The molecule has 0 aromatic carbocycles. The fraction of sp³-hybridized carbons (Fsp3) is 0.700. The van der Waals surface area contributed by atoms with Crippen LogP contribution in [0.4, 0.5) is 4.79 Å². The lowest BCUT2D eigenvalue weighted by Gasteiger charge is -2.16. The molecule has 2 amide bonds. The van der Waals surface area contributed by atoms with Gasteiger partial charge in [-0.05, 0) is 25.4 Å². The number of rotatable bonds is 7. The molecule has 0 fully saturated rings. The number of carboxylic acid groups (broad SMARTS) is 1. The van der Waals surface area contributed by atoms with E-state index in [-0.39, 0.29) is 0 Å². The number of carbonyl (C=O) groups excluding carboxylic acids is 2. The average molecular weight is 278 g/mol. The van der Waals surface area contributed by atoms with Crippen molar-refractivity contribution < 1.29 is 24.2 Å². The van der Waals surface area contributed by atoms with E-state index < -0.39 is 30.1 Å². The van der Waals surface area contributed by atoms with E-state index in [2.05, 4.69) is 15.4 Å². The van der Waals surface area contributed by atoms with Gasteiger partial charge >= 0.3 is 18.0 Å². The molecule has 0 aliphatic heterocycles. The number of thioether (sulfide) groups is 1. The van der Waals surface area contributed by atoms with Crippen LogP contribution in [0.3, 0.4) is 0 Å². The van der Waals surface area contributed by atoms with Gasteiger partial charge in [0.1, 0.15) is 12.1 Å². The van der Waals surface area contributed by atoms with Crippen molar-refractivity contribution in [1.29, 1.82) is 0 Å². The van der Waals surface area contributed by atoms with E-state index in [1.807, 2.05) is 6.26 Å². The molecule has 3 N–H and O–H groups in total. The monoisotopic (exact) mass is 278 g/mol. The van der Waals surface area contributed by atoms with Gasteiger partial charge in [0, 0.05) is 0 Å². The zero-order chi connectivity index (χ0) is 14.1. The highest BCUT2D eigenvalue weighted by Crippen LogP contribution is 2.01. The predicted octanol–water partition coefficient (Wildman–Crippen LogP) is 0.0534. The third-order valence-corrected chi connectivity index (χ3v) is 2.76. The molecule has 7 nitrogen and oxygen atoms in total. The smallest absolute Gasteiger partial charge is 0.328 e. The quantitative estimate of drug-likeness (QED) is 0.568. The Morgan fingerprint density at radius 3 is 2.39 bits per heavy atom. The van der Waals surface area contributed by atoms with Gasteiger partial charge in [-0.3, -0.25) is 0 Å². The fourth-order valence-electron chi connectivity index (χ4n) is 1.13. The van der Waals surface area contributed by atoms with Crippen LogP contribution in [0, 0.1) is 0 Å². The van der Waals surface area contributed by atoms with Gasteiger partial charge in [-0.25, -0.2) is 14.4 Å². The van der Waals surface area contributed by atoms with E-state index in [9.17, 15) is 14.4 Å². The number of methoxy groups -OCH3 is 1. The lowest BCUT2D eigenvalue weighted by molar-refractivity contribution is -0.142. The standard InChI is InChI=1S/C10H18N2O5S/c1-6(9(15)17-2)11-10(16)12-7(8(13)14)4-5-18-3/h6-7H,4-5H2,1-3H3,(H,13,14)(H2,11,12,16)/t6?,7-/m0/s1. The second kappa shape index (κ2) is 8.62. The maximum Gasteiger partial charge on any atom is 0.328 e. The van der Waals surface area contributed by atoms with Crippen LogP contribution in [-0.2, 0) is 14.3 Å². The lowest BCUT2D eigenvalue weighted by atomic mass is 10.2. The van der Waals surface area contributed by atoms with Crippen LogP contribution in [0.1, 0.15) is 13.3 Å². The molecule has 18 heavy (non-hydrogen) atoms. The van der Waals surface area contributed by atoms with Gasteiger partial charge < -0.3 is 20.5 Å². The molecule has 2 atom stereocenters. The van der Waals surface area contributed by atoms with E-state index in [0.29, 0.717) is 12.2 Å². The van der Waals surface area contributed by atoms with Crippen molar-refractivity contribution >= 4 is 29.7 Å². The predicted molar refractivity (Wildman–Crippen MR) is 67.6 cm³/mol. The molecule has 0 aromatic heterocycles. The average Bonchev–Trinajstić information content (AvgIpc) is 2.32. The molecule has 0 bridgehead atoms. The number of hydrogen-bond donors (Lipinski definition) is 3. The second-order valence-corrected chi connectivity index (χ2v) is 4.52. The Balaban J connectivity index is 4.25. The summed E-state index contributed by atoms with van der Waals surface area (Å²) in [5, 5.41) is 13.5. The van der Waals surface area contributed by atoms with Crippen LogP contribution in [0.2, 0.25) is 0 Å². The van der Waals surface area contributed by atoms with Crippen molar-refractivity contribution in [3.05, 3.63) is 0 Å². The molecule has 0 aliphatic carbocycles. The number of carboxylic acids is 1. The maximum atomic E-state index is 11.5. The number of ether oxygens (including phenoxy) is 1. The molecule has 0 saturated carbocycles. The normalized spacial score (nSPS) is 13.3. The SMILES string of the molecule is COC(=O)C(C)NC(=O)N[C@@H](CCSC)C(=O)O. The Morgan fingerprint density at radius 2 is 1.94 bits per heavy atom. The van der Waals surface area contributed by atoms with E-state index in [0.717, 1.165) is 0 Å². The van der Waals surface area contributed by atoms with Gasteiger partial charge in [0.25, 0.3) is 0 Å². The first kappa shape index (κ1) is 16.6. The fourth-order valence-corrected chi connectivity index (χ4v) is 1.60. The number of nitrogens with one attached hydrogen (secondary N) is 2. The summed E-state index contributed by atoms with van der Waals surface area (Å²) in [6.45, 7) is 1.45. The minimum atomic E-state index is -1.11. The van der Waals surface area contributed by atoms with Crippen molar-refractivity contribution in [3.8, 4) is 0 Å². The number of hydrogen-bond acceptors (Lipinski definition) is 5. The number of amides is 2. The Hall–Kier alpha value is -1.44. The summed E-state index contributed by atoms with van der Waals surface area (Å²) in [5.74, 6) is -1.09. The number of urea groups is 1. The Kier molecular flexibility index (Phi) is 7.93. The minimum absolute atomic E-state index is 0.316. The molecule has 0 aliphatic rings. The molecule has 0 aromatic rings. The van der Waals surface area contributed by atoms with E-state index in [1.54, 1.807) is 0 Å². The summed E-state index contributed by atoms with van der Waals surface area (Å²) in [6, 6.07) is -2.51. The summed E-state index contributed by atoms with van der Waals surface area (Å²) in [5.41, 5.74) is 0. The zero-order valence-electron chi connectivity index (χ0n) is 10.6. The van der Waals surface area contributed by atoms with Gasteiger partial charge in [0.2, 0.25) is 0 Å². The molecule has 0 saturated heterocycles. The summed E-state index contributed by atoms with van der Waals surface area (Å²) in [6.07, 6.45) is 2.16. The molecule has 104 valence electrons. The summed E-state index contributed by atoms with van der Waals surface area (Å²) >= 11 is 1.49. The van der Waals surface area contributed by atoms with Crippen LogP contribution in [0.5, 0.6) is 0 Å². The highest BCUT2D eigenvalue weighted by atomic mass is 32.2. The Morgan fingerprint density at radius 1 is 1.33 bits per heavy atom. The molecule has 0 rings (SSSR count). The molecule has 0 radical (unpaired) electrons. The highest BCUT2D eigenvalue weighted by Gasteiger charge is 2.22. The number of esters is 1. The van der Waals surface area contributed by atoms with Crippen LogP contribution in [0.25, 0.3) is 0 Å².